The molecule has 1 aliphatic rings. The Morgan fingerprint density at radius 2 is 1.95 bits per heavy atom. The zero-order chi connectivity index (χ0) is 14.4. The van der Waals surface area contributed by atoms with Gasteiger partial charge in [0.1, 0.15) is 18.1 Å². The second kappa shape index (κ2) is 6.92. The van der Waals surface area contributed by atoms with E-state index >= 15 is 0 Å². The van der Waals surface area contributed by atoms with Gasteiger partial charge in [0.25, 0.3) is 0 Å². The second-order valence-corrected chi connectivity index (χ2v) is 6.16. The molecule has 112 valence electrons. The standard InChI is InChI=1S/C13H20N2O4S/c1-2-6-14-7-8-15-20(16,17)12-5-3-4-11-13(12)19-10-9-18-11/h3-5,14-15H,2,6-10H2,1H3. The monoisotopic (exact) mass is 300 g/mol. The molecule has 20 heavy (non-hydrogen) atoms. The van der Waals surface area contributed by atoms with Gasteiger partial charge in [-0.05, 0) is 25.1 Å². The predicted molar refractivity (Wildman–Crippen MR) is 75.8 cm³/mol. The van der Waals surface area contributed by atoms with Crippen LogP contribution in [0.3, 0.4) is 0 Å². The predicted octanol–water partition coefficient (Wildman–Crippen LogP) is 0.736. The highest BCUT2D eigenvalue weighted by Crippen LogP contribution is 2.36. The van der Waals surface area contributed by atoms with Gasteiger partial charge in [0, 0.05) is 13.1 Å². The fourth-order valence-corrected chi connectivity index (χ4v) is 3.10. The van der Waals surface area contributed by atoms with Crippen LogP contribution in [0.25, 0.3) is 0 Å². The highest BCUT2D eigenvalue weighted by atomic mass is 32.2. The highest BCUT2D eigenvalue weighted by molar-refractivity contribution is 7.89. The number of benzene rings is 1. The van der Waals surface area contributed by atoms with Gasteiger partial charge in [-0.25, -0.2) is 13.1 Å². The van der Waals surface area contributed by atoms with Gasteiger partial charge >= 0.3 is 0 Å². The summed E-state index contributed by atoms with van der Waals surface area (Å²) < 4.78 is 37.9. The van der Waals surface area contributed by atoms with Gasteiger partial charge in [-0.3, -0.25) is 0 Å². The Morgan fingerprint density at radius 1 is 1.15 bits per heavy atom. The lowest BCUT2D eigenvalue weighted by Crippen LogP contribution is -2.32. The van der Waals surface area contributed by atoms with E-state index in [9.17, 15) is 8.42 Å². The van der Waals surface area contributed by atoms with Crippen molar-refractivity contribution in [2.24, 2.45) is 0 Å². The zero-order valence-corrected chi connectivity index (χ0v) is 12.3. The number of para-hydroxylation sites is 1. The van der Waals surface area contributed by atoms with Crippen LogP contribution < -0.4 is 19.5 Å². The van der Waals surface area contributed by atoms with Crippen molar-refractivity contribution in [3.8, 4) is 11.5 Å². The lowest BCUT2D eigenvalue weighted by atomic mass is 10.3. The van der Waals surface area contributed by atoms with Crippen LogP contribution in [0.15, 0.2) is 23.1 Å². The minimum atomic E-state index is -3.58. The van der Waals surface area contributed by atoms with Crippen molar-refractivity contribution < 1.29 is 17.9 Å². The normalized spacial score (nSPS) is 14.2. The summed E-state index contributed by atoms with van der Waals surface area (Å²) in [5.74, 6) is 0.774. The van der Waals surface area contributed by atoms with Gasteiger partial charge in [-0.2, -0.15) is 0 Å². The molecule has 1 heterocycles. The van der Waals surface area contributed by atoms with Crippen molar-refractivity contribution in [2.45, 2.75) is 18.2 Å². The van der Waals surface area contributed by atoms with Crippen LogP contribution >= 0.6 is 0 Å². The molecule has 0 aliphatic carbocycles. The minimum Gasteiger partial charge on any atom is -0.486 e. The number of ether oxygens (including phenoxy) is 2. The average molecular weight is 300 g/mol. The third-order valence-corrected chi connectivity index (χ3v) is 4.32. The Bertz CT molecular complexity index is 545. The molecule has 0 saturated heterocycles. The van der Waals surface area contributed by atoms with E-state index in [1.54, 1.807) is 12.1 Å². The van der Waals surface area contributed by atoms with E-state index in [-0.39, 0.29) is 4.90 Å². The van der Waals surface area contributed by atoms with Crippen LogP contribution in [0, 0.1) is 0 Å². The van der Waals surface area contributed by atoms with E-state index in [2.05, 4.69) is 17.0 Å². The molecule has 2 N–H and O–H groups in total. The first-order valence-electron chi connectivity index (χ1n) is 6.74. The fourth-order valence-electron chi connectivity index (χ4n) is 1.91. The number of nitrogens with one attached hydrogen (secondary N) is 2. The topological polar surface area (TPSA) is 76.7 Å². The molecular weight excluding hydrogens is 280 g/mol. The first kappa shape index (κ1) is 15.1. The molecule has 0 aromatic heterocycles. The summed E-state index contributed by atoms with van der Waals surface area (Å²) in [5, 5.41) is 3.14. The van der Waals surface area contributed by atoms with Crippen molar-refractivity contribution in [3.05, 3.63) is 18.2 Å². The van der Waals surface area contributed by atoms with E-state index in [1.807, 2.05) is 0 Å². The Balaban J connectivity index is 2.06. The molecule has 0 saturated carbocycles. The molecule has 1 aromatic carbocycles. The third-order valence-electron chi connectivity index (χ3n) is 2.84. The van der Waals surface area contributed by atoms with Gasteiger partial charge < -0.3 is 14.8 Å². The van der Waals surface area contributed by atoms with Gasteiger partial charge in [-0.1, -0.05) is 13.0 Å². The number of hydrogen-bond donors (Lipinski definition) is 2. The largest absolute Gasteiger partial charge is 0.486 e. The van der Waals surface area contributed by atoms with Crippen LogP contribution in [-0.2, 0) is 10.0 Å². The maximum absolute atomic E-state index is 12.3. The number of fused-ring (bicyclic) bond motifs is 1. The van der Waals surface area contributed by atoms with E-state index in [0.717, 1.165) is 13.0 Å². The summed E-state index contributed by atoms with van der Waals surface area (Å²) in [7, 11) is -3.58. The van der Waals surface area contributed by atoms with Crippen LogP contribution in [-0.4, -0.2) is 41.3 Å². The Hall–Kier alpha value is -1.31. The first-order chi connectivity index (χ1) is 9.65. The molecule has 7 heteroatoms. The summed E-state index contributed by atoms with van der Waals surface area (Å²) in [6.45, 7) is 4.67. The summed E-state index contributed by atoms with van der Waals surface area (Å²) in [6, 6.07) is 4.88. The van der Waals surface area contributed by atoms with Gasteiger partial charge in [0.05, 0.1) is 0 Å². The van der Waals surface area contributed by atoms with Crippen molar-refractivity contribution in [1.82, 2.24) is 10.0 Å². The first-order valence-corrected chi connectivity index (χ1v) is 8.22. The second-order valence-electron chi connectivity index (χ2n) is 4.43. The molecule has 1 aromatic rings. The zero-order valence-electron chi connectivity index (χ0n) is 11.5. The van der Waals surface area contributed by atoms with E-state index in [1.165, 1.54) is 6.07 Å². The number of rotatable bonds is 7. The molecule has 0 spiro atoms. The fraction of sp³-hybridized carbons (Fsp3) is 0.538. The Kier molecular flexibility index (Phi) is 5.22. The van der Waals surface area contributed by atoms with Crippen LogP contribution in [0.4, 0.5) is 0 Å². The van der Waals surface area contributed by atoms with Crippen LogP contribution in [0.1, 0.15) is 13.3 Å². The molecule has 0 fully saturated rings. The maximum Gasteiger partial charge on any atom is 0.244 e. The van der Waals surface area contributed by atoms with Crippen LogP contribution in [0.2, 0.25) is 0 Å². The van der Waals surface area contributed by atoms with Gasteiger partial charge in [0.2, 0.25) is 10.0 Å². The molecule has 0 atom stereocenters. The highest BCUT2D eigenvalue weighted by Gasteiger charge is 2.24. The third kappa shape index (κ3) is 3.62. The van der Waals surface area contributed by atoms with E-state index in [0.29, 0.717) is 37.8 Å². The molecule has 2 rings (SSSR count). The van der Waals surface area contributed by atoms with E-state index in [4.69, 9.17) is 9.47 Å². The lowest BCUT2D eigenvalue weighted by molar-refractivity contribution is 0.167. The molecule has 6 nitrogen and oxygen atoms in total. The average Bonchev–Trinajstić information content (AvgIpc) is 2.46. The minimum absolute atomic E-state index is 0.130. The molecule has 0 unspecified atom stereocenters. The molecule has 0 amide bonds. The van der Waals surface area contributed by atoms with Crippen molar-refractivity contribution >= 4 is 10.0 Å². The van der Waals surface area contributed by atoms with Gasteiger partial charge in [-0.15, -0.1) is 0 Å². The smallest absolute Gasteiger partial charge is 0.244 e. The van der Waals surface area contributed by atoms with Crippen LogP contribution in [0.5, 0.6) is 11.5 Å². The van der Waals surface area contributed by atoms with Crippen molar-refractivity contribution in [1.29, 1.82) is 0 Å². The lowest BCUT2D eigenvalue weighted by Gasteiger charge is -2.20. The quantitative estimate of drug-likeness (QED) is 0.726. The molecule has 0 radical (unpaired) electrons. The molecule has 0 bridgehead atoms. The summed E-state index contributed by atoms with van der Waals surface area (Å²) >= 11 is 0. The molecular formula is C13H20N2O4S. The van der Waals surface area contributed by atoms with Gasteiger partial charge in [0.15, 0.2) is 11.5 Å². The number of hydrogen-bond acceptors (Lipinski definition) is 5. The Labute approximate surface area is 119 Å². The van der Waals surface area contributed by atoms with E-state index < -0.39 is 10.0 Å². The van der Waals surface area contributed by atoms with Crippen molar-refractivity contribution in [3.63, 3.8) is 0 Å². The maximum atomic E-state index is 12.3. The van der Waals surface area contributed by atoms with Crippen molar-refractivity contribution in [2.75, 3.05) is 32.8 Å². The SMILES string of the molecule is CCCNCCNS(=O)(=O)c1cccc2c1OCCO2. The summed E-state index contributed by atoms with van der Waals surface area (Å²) in [5.41, 5.74) is 0. The Morgan fingerprint density at radius 3 is 2.75 bits per heavy atom. The number of sulfonamides is 1. The summed E-state index contributed by atoms with van der Waals surface area (Å²) in [6.07, 6.45) is 1.02. The molecule has 1 aliphatic heterocycles. The summed E-state index contributed by atoms with van der Waals surface area (Å²) in [4.78, 5) is 0.130.